The van der Waals surface area contributed by atoms with Crippen molar-refractivity contribution in [3.63, 3.8) is 0 Å². The van der Waals surface area contributed by atoms with Gasteiger partial charge in [0, 0.05) is 37.9 Å². The van der Waals surface area contributed by atoms with Gasteiger partial charge in [-0.3, -0.25) is 0 Å². The van der Waals surface area contributed by atoms with Gasteiger partial charge in [0.1, 0.15) is 0 Å². The summed E-state index contributed by atoms with van der Waals surface area (Å²) in [6.07, 6.45) is 2.64. The first kappa shape index (κ1) is 16.3. The highest BCUT2D eigenvalue weighted by Crippen LogP contribution is 2.15. The Morgan fingerprint density at radius 2 is 1.86 bits per heavy atom. The Morgan fingerprint density at radius 3 is 2.48 bits per heavy atom. The van der Waals surface area contributed by atoms with Gasteiger partial charge in [-0.25, -0.2) is 0 Å². The summed E-state index contributed by atoms with van der Waals surface area (Å²) in [7, 11) is 0. The number of nitrogens with one attached hydrogen (secondary N) is 1. The molecule has 118 valence electrons. The first-order chi connectivity index (χ1) is 10.3. The Kier molecular flexibility index (Phi) is 6.52. The van der Waals surface area contributed by atoms with Gasteiger partial charge >= 0.3 is 0 Å². The molecule has 1 aliphatic rings. The minimum atomic E-state index is 0.654. The third-order valence-electron chi connectivity index (χ3n) is 4.61. The molecule has 0 saturated carbocycles. The van der Waals surface area contributed by atoms with E-state index in [2.05, 4.69) is 60.2 Å². The van der Waals surface area contributed by atoms with E-state index in [4.69, 9.17) is 0 Å². The lowest BCUT2D eigenvalue weighted by Gasteiger charge is -2.32. The number of likely N-dealkylation sites (tertiary alicyclic amines) is 1. The Hall–Kier alpha value is -1.06. The van der Waals surface area contributed by atoms with Gasteiger partial charge in [0.25, 0.3) is 0 Å². The second-order valence-corrected chi connectivity index (χ2v) is 5.95. The van der Waals surface area contributed by atoms with E-state index in [1.54, 1.807) is 0 Å². The van der Waals surface area contributed by atoms with Crippen molar-refractivity contribution in [2.75, 3.05) is 37.6 Å². The molecule has 3 nitrogen and oxygen atoms in total. The molecular weight excluding hydrogens is 258 g/mol. The van der Waals surface area contributed by atoms with Crippen LogP contribution in [0.15, 0.2) is 24.3 Å². The lowest BCUT2D eigenvalue weighted by Crippen LogP contribution is -2.45. The molecule has 0 amide bonds. The molecule has 0 aliphatic carbocycles. The second kappa shape index (κ2) is 8.40. The van der Waals surface area contributed by atoms with E-state index in [1.807, 2.05) is 0 Å². The molecule has 1 aliphatic heterocycles. The number of piperidine rings is 1. The first-order valence-electron chi connectivity index (χ1n) is 8.56. The molecule has 0 radical (unpaired) electrons. The quantitative estimate of drug-likeness (QED) is 0.832. The highest BCUT2D eigenvalue weighted by molar-refractivity contribution is 5.47. The lowest BCUT2D eigenvalue weighted by molar-refractivity contribution is 0.198. The number of anilines is 1. The van der Waals surface area contributed by atoms with Crippen LogP contribution in [0.1, 0.15) is 39.2 Å². The zero-order valence-electron chi connectivity index (χ0n) is 13.9. The van der Waals surface area contributed by atoms with Crippen molar-refractivity contribution in [1.82, 2.24) is 10.2 Å². The predicted molar refractivity (Wildman–Crippen MR) is 92.0 cm³/mol. The maximum atomic E-state index is 3.72. The molecule has 1 aromatic carbocycles. The molecule has 0 spiro atoms. The fourth-order valence-corrected chi connectivity index (χ4v) is 3.18. The molecule has 1 N–H and O–H groups in total. The molecule has 3 heteroatoms. The molecule has 1 unspecified atom stereocenters. The second-order valence-electron chi connectivity index (χ2n) is 5.95. The number of hydrogen-bond donors (Lipinski definition) is 1. The summed E-state index contributed by atoms with van der Waals surface area (Å²) in [6, 6.07) is 9.69. The Labute approximate surface area is 130 Å². The third kappa shape index (κ3) is 4.72. The van der Waals surface area contributed by atoms with Gasteiger partial charge in [0.2, 0.25) is 0 Å². The highest BCUT2D eigenvalue weighted by atomic mass is 15.2. The summed E-state index contributed by atoms with van der Waals surface area (Å²) in [6.45, 7) is 13.5. The van der Waals surface area contributed by atoms with E-state index in [0.29, 0.717) is 6.04 Å². The van der Waals surface area contributed by atoms with Crippen molar-refractivity contribution in [3.8, 4) is 0 Å². The van der Waals surface area contributed by atoms with Crippen LogP contribution in [0.3, 0.4) is 0 Å². The van der Waals surface area contributed by atoms with Gasteiger partial charge < -0.3 is 15.1 Å². The molecule has 21 heavy (non-hydrogen) atoms. The summed E-state index contributed by atoms with van der Waals surface area (Å²) in [5, 5.41) is 3.72. The molecule has 1 atom stereocenters. The van der Waals surface area contributed by atoms with Crippen LogP contribution in [0.2, 0.25) is 0 Å². The summed E-state index contributed by atoms with van der Waals surface area (Å²) in [5.74, 6) is 0. The Bertz CT molecular complexity index is 397. The SMILES string of the molecule is CCN1CCCC(NCc2ccc(N(CC)CC)cc2)C1. The number of nitrogens with zero attached hydrogens (tertiary/aromatic N) is 2. The van der Waals surface area contributed by atoms with Gasteiger partial charge in [-0.15, -0.1) is 0 Å². The summed E-state index contributed by atoms with van der Waals surface area (Å²) >= 11 is 0. The maximum absolute atomic E-state index is 3.72. The zero-order chi connectivity index (χ0) is 15.1. The first-order valence-corrected chi connectivity index (χ1v) is 8.56. The molecule has 0 aromatic heterocycles. The smallest absolute Gasteiger partial charge is 0.0366 e. The van der Waals surface area contributed by atoms with Crippen LogP contribution in [0, 0.1) is 0 Å². The highest BCUT2D eigenvalue weighted by Gasteiger charge is 2.17. The molecule has 1 aromatic rings. The van der Waals surface area contributed by atoms with Crippen molar-refractivity contribution in [3.05, 3.63) is 29.8 Å². The van der Waals surface area contributed by atoms with Crippen molar-refractivity contribution in [2.24, 2.45) is 0 Å². The standard InChI is InChI=1S/C18H31N3/c1-4-20-13-7-8-17(15-20)19-14-16-9-11-18(12-10-16)21(5-2)6-3/h9-12,17,19H,4-8,13-15H2,1-3H3. The van der Waals surface area contributed by atoms with Crippen molar-refractivity contribution in [2.45, 2.75) is 46.2 Å². The van der Waals surface area contributed by atoms with Crippen LogP contribution in [0.25, 0.3) is 0 Å². The topological polar surface area (TPSA) is 18.5 Å². The van der Waals surface area contributed by atoms with E-state index in [-0.39, 0.29) is 0 Å². The minimum absolute atomic E-state index is 0.654. The van der Waals surface area contributed by atoms with E-state index in [9.17, 15) is 0 Å². The predicted octanol–water partition coefficient (Wildman–Crippen LogP) is 3.11. The average molecular weight is 289 g/mol. The van der Waals surface area contributed by atoms with Crippen LogP contribution in [0.4, 0.5) is 5.69 Å². The third-order valence-corrected chi connectivity index (χ3v) is 4.61. The van der Waals surface area contributed by atoms with Gasteiger partial charge in [-0.1, -0.05) is 19.1 Å². The molecule has 0 bridgehead atoms. The van der Waals surface area contributed by atoms with E-state index >= 15 is 0 Å². The number of rotatable bonds is 7. The summed E-state index contributed by atoms with van der Waals surface area (Å²) in [4.78, 5) is 4.93. The number of likely N-dealkylation sites (N-methyl/N-ethyl adjacent to an activating group) is 1. The van der Waals surface area contributed by atoms with Gasteiger partial charge in [0.05, 0.1) is 0 Å². The molecular formula is C18H31N3. The van der Waals surface area contributed by atoms with Crippen LogP contribution in [-0.4, -0.2) is 43.7 Å². The summed E-state index contributed by atoms with van der Waals surface area (Å²) < 4.78 is 0. The van der Waals surface area contributed by atoms with Gasteiger partial charge in [-0.2, -0.15) is 0 Å². The maximum Gasteiger partial charge on any atom is 0.0366 e. The van der Waals surface area contributed by atoms with E-state index in [0.717, 1.165) is 19.6 Å². The van der Waals surface area contributed by atoms with Crippen LogP contribution in [0.5, 0.6) is 0 Å². The molecule has 1 heterocycles. The number of hydrogen-bond acceptors (Lipinski definition) is 3. The summed E-state index contributed by atoms with van der Waals surface area (Å²) in [5.41, 5.74) is 2.72. The molecule has 1 fully saturated rings. The fraction of sp³-hybridized carbons (Fsp3) is 0.667. The van der Waals surface area contributed by atoms with Crippen molar-refractivity contribution in [1.29, 1.82) is 0 Å². The van der Waals surface area contributed by atoms with Crippen molar-refractivity contribution < 1.29 is 0 Å². The number of benzene rings is 1. The monoisotopic (exact) mass is 289 g/mol. The van der Waals surface area contributed by atoms with Crippen LogP contribution in [-0.2, 0) is 6.54 Å². The van der Waals surface area contributed by atoms with Crippen molar-refractivity contribution >= 4 is 5.69 Å². The Morgan fingerprint density at radius 1 is 1.14 bits per heavy atom. The minimum Gasteiger partial charge on any atom is -0.372 e. The van der Waals surface area contributed by atoms with Gasteiger partial charge in [-0.05, 0) is 57.5 Å². The average Bonchev–Trinajstić information content (AvgIpc) is 2.55. The zero-order valence-corrected chi connectivity index (χ0v) is 13.9. The van der Waals surface area contributed by atoms with E-state index < -0.39 is 0 Å². The lowest BCUT2D eigenvalue weighted by atomic mass is 10.1. The Balaban J connectivity index is 1.83. The van der Waals surface area contributed by atoms with Gasteiger partial charge in [0.15, 0.2) is 0 Å². The largest absolute Gasteiger partial charge is 0.372 e. The van der Waals surface area contributed by atoms with Crippen LogP contribution >= 0.6 is 0 Å². The molecule has 2 rings (SSSR count). The molecule has 1 saturated heterocycles. The van der Waals surface area contributed by atoms with Crippen LogP contribution < -0.4 is 10.2 Å². The van der Waals surface area contributed by atoms with E-state index in [1.165, 1.54) is 43.7 Å². The normalized spacial score (nSPS) is 19.7. The fourth-order valence-electron chi connectivity index (χ4n) is 3.18.